The van der Waals surface area contributed by atoms with E-state index in [-0.39, 0.29) is 16.9 Å². The second-order valence-corrected chi connectivity index (χ2v) is 9.33. The maximum absolute atomic E-state index is 13.3. The normalized spacial score (nSPS) is 15.5. The molecule has 0 aliphatic heterocycles. The van der Waals surface area contributed by atoms with E-state index in [0.29, 0.717) is 22.3 Å². The van der Waals surface area contributed by atoms with Gasteiger partial charge in [-0.25, -0.2) is 0 Å². The zero-order valence-electron chi connectivity index (χ0n) is 19.0. The summed E-state index contributed by atoms with van der Waals surface area (Å²) in [6.45, 7) is 8.30. The molecule has 4 aromatic rings. The molecule has 1 aliphatic carbocycles. The minimum Gasteiger partial charge on any atom is -0.455 e. The van der Waals surface area contributed by atoms with E-state index in [4.69, 9.17) is 4.42 Å². The Labute approximate surface area is 188 Å². The smallest absolute Gasteiger partial charge is 0.196 e. The van der Waals surface area contributed by atoms with Crippen molar-refractivity contribution in [2.45, 2.75) is 52.0 Å². The highest BCUT2D eigenvalue weighted by Gasteiger charge is 2.40. The van der Waals surface area contributed by atoms with Crippen LogP contribution in [0.5, 0.6) is 0 Å². The first kappa shape index (κ1) is 20.5. The third-order valence-electron chi connectivity index (χ3n) is 6.73. The van der Waals surface area contributed by atoms with Crippen LogP contribution >= 0.6 is 0 Å². The van der Waals surface area contributed by atoms with Crippen LogP contribution in [0, 0.1) is 13.8 Å². The van der Waals surface area contributed by atoms with Crippen molar-refractivity contribution in [3.05, 3.63) is 93.4 Å². The molecule has 0 saturated heterocycles. The molecule has 0 radical (unpaired) electrons. The van der Waals surface area contributed by atoms with Gasteiger partial charge in [0.2, 0.25) is 0 Å². The fourth-order valence-electron chi connectivity index (χ4n) is 4.56. The summed E-state index contributed by atoms with van der Waals surface area (Å²) >= 11 is 0. The topological polar surface area (TPSA) is 55.1 Å². The van der Waals surface area contributed by atoms with Crippen LogP contribution in [0.1, 0.15) is 55.0 Å². The van der Waals surface area contributed by atoms with E-state index in [1.165, 1.54) is 18.4 Å². The van der Waals surface area contributed by atoms with Crippen LogP contribution < -0.4 is 10.7 Å². The van der Waals surface area contributed by atoms with Crippen LogP contribution in [0.25, 0.3) is 22.3 Å². The zero-order valence-corrected chi connectivity index (χ0v) is 19.0. The second kappa shape index (κ2) is 7.63. The first-order valence-electron chi connectivity index (χ1n) is 11.2. The predicted octanol–water partition coefficient (Wildman–Crippen LogP) is 6.70. The minimum absolute atomic E-state index is 0.00754. The van der Waals surface area contributed by atoms with Gasteiger partial charge < -0.3 is 9.73 Å². The molecular formula is C28H28N2O2. The molecule has 0 amide bonds. The maximum Gasteiger partial charge on any atom is 0.196 e. The number of nitrogens with one attached hydrogen (secondary N) is 1. The number of pyridine rings is 1. The summed E-state index contributed by atoms with van der Waals surface area (Å²) in [4.78, 5) is 17.5. The van der Waals surface area contributed by atoms with Gasteiger partial charge in [-0.05, 0) is 74.4 Å². The number of para-hydroxylation sites is 1. The number of hydrogen-bond donors (Lipinski definition) is 1. The van der Waals surface area contributed by atoms with E-state index in [2.05, 4.69) is 54.5 Å². The van der Waals surface area contributed by atoms with Gasteiger partial charge in [0.15, 0.2) is 5.43 Å². The predicted molar refractivity (Wildman–Crippen MR) is 130 cm³/mol. The highest BCUT2D eigenvalue weighted by molar-refractivity contribution is 5.84. The first-order chi connectivity index (χ1) is 15.4. The van der Waals surface area contributed by atoms with Gasteiger partial charge in [-0.2, -0.15) is 0 Å². The van der Waals surface area contributed by atoms with Crippen molar-refractivity contribution in [3.63, 3.8) is 0 Å². The number of aryl methyl sites for hydroxylation is 1. The Morgan fingerprint density at radius 1 is 1.09 bits per heavy atom. The van der Waals surface area contributed by atoms with Crippen molar-refractivity contribution in [2.75, 3.05) is 5.32 Å². The summed E-state index contributed by atoms with van der Waals surface area (Å²) in [6, 6.07) is 16.3. The maximum atomic E-state index is 13.3. The number of hydrogen-bond acceptors (Lipinski definition) is 4. The lowest BCUT2D eigenvalue weighted by molar-refractivity contribution is 0.605. The van der Waals surface area contributed by atoms with Crippen molar-refractivity contribution in [3.8, 4) is 11.3 Å². The summed E-state index contributed by atoms with van der Waals surface area (Å²) < 4.78 is 6.43. The molecule has 4 nitrogen and oxygen atoms in total. The Hall–Kier alpha value is -3.40. The zero-order chi connectivity index (χ0) is 22.5. The van der Waals surface area contributed by atoms with E-state index < -0.39 is 0 Å². The molecule has 4 heteroatoms. The molecule has 0 unspecified atom stereocenters. The number of aromatic nitrogens is 1. The van der Waals surface area contributed by atoms with Gasteiger partial charge in [-0.15, -0.1) is 0 Å². The van der Waals surface area contributed by atoms with Gasteiger partial charge in [0.1, 0.15) is 11.3 Å². The van der Waals surface area contributed by atoms with Gasteiger partial charge >= 0.3 is 0 Å². The molecule has 2 aromatic heterocycles. The highest BCUT2D eigenvalue weighted by Crippen LogP contribution is 2.50. The molecule has 1 aliphatic rings. The van der Waals surface area contributed by atoms with Crippen LogP contribution in [0.4, 0.5) is 5.69 Å². The van der Waals surface area contributed by atoms with Gasteiger partial charge in [-0.1, -0.05) is 31.2 Å². The molecule has 0 bridgehead atoms. The average molecular weight is 425 g/mol. The molecule has 1 saturated carbocycles. The van der Waals surface area contributed by atoms with E-state index in [1.807, 2.05) is 32.0 Å². The highest BCUT2D eigenvalue weighted by atomic mass is 16.3. The van der Waals surface area contributed by atoms with Gasteiger partial charge in [0.05, 0.1) is 11.4 Å². The molecule has 162 valence electrons. The SMILES string of the molecule is Cc1cc([C@@H](C)Nc2ccccc2C2(C)CC2)c2oc(-c3cccnc3)c(C)c(=O)c2c1. The van der Waals surface area contributed by atoms with Gasteiger partial charge in [0, 0.05) is 34.8 Å². The minimum atomic E-state index is -0.0338. The summed E-state index contributed by atoms with van der Waals surface area (Å²) in [6.07, 6.45) is 5.89. The van der Waals surface area contributed by atoms with Crippen LogP contribution in [0.15, 0.2) is 70.1 Å². The van der Waals surface area contributed by atoms with Crippen molar-refractivity contribution >= 4 is 16.7 Å². The Morgan fingerprint density at radius 3 is 2.59 bits per heavy atom. The molecule has 1 fully saturated rings. The van der Waals surface area contributed by atoms with E-state index in [1.54, 1.807) is 12.4 Å². The molecule has 2 aromatic carbocycles. The van der Waals surface area contributed by atoms with E-state index in [0.717, 1.165) is 22.4 Å². The van der Waals surface area contributed by atoms with E-state index >= 15 is 0 Å². The lowest BCUT2D eigenvalue weighted by Gasteiger charge is -2.22. The third-order valence-corrected chi connectivity index (χ3v) is 6.73. The number of rotatable bonds is 5. The van der Waals surface area contributed by atoms with Crippen LogP contribution in [-0.2, 0) is 5.41 Å². The monoisotopic (exact) mass is 424 g/mol. The van der Waals surface area contributed by atoms with Crippen LogP contribution in [-0.4, -0.2) is 4.98 Å². The van der Waals surface area contributed by atoms with Crippen molar-refractivity contribution in [1.29, 1.82) is 0 Å². The standard InChI is InChI=1S/C28H28N2O2/c1-17-14-21(19(3)30-24-10-6-5-9-23(24)28(4)11-12-28)27-22(15-17)25(31)18(2)26(32-27)20-8-7-13-29-16-20/h5-10,13-16,19,30H,11-12H2,1-4H3/t19-/m1/s1. The fourth-order valence-corrected chi connectivity index (χ4v) is 4.56. The summed E-state index contributed by atoms with van der Waals surface area (Å²) in [7, 11) is 0. The number of nitrogens with zero attached hydrogens (tertiary/aromatic N) is 1. The lowest BCUT2D eigenvalue weighted by Crippen LogP contribution is -2.14. The number of fused-ring (bicyclic) bond motifs is 1. The Balaban J connectivity index is 1.64. The Morgan fingerprint density at radius 2 is 1.88 bits per heavy atom. The summed E-state index contributed by atoms with van der Waals surface area (Å²) in [5.74, 6) is 0.582. The quantitative estimate of drug-likeness (QED) is 0.387. The van der Waals surface area contributed by atoms with Gasteiger partial charge in [-0.3, -0.25) is 9.78 Å². The first-order valence-corrected chi connectivity index (χ1v) is 11.2. The Kier molecular flexibility index (Phi) is 4.89. The molecular weight excluding hydrogens is 396 g/mol. The summed E-state index contributed by atoms with van der Waals surface area (Å²) in [5.41, 5.74) is 6.86. The van der Waals surface area contributed by atoms with Gasteiger partial charge in [0.25, 0.3) is 0 Å². The fraction of sp³-hybridized carbons (Fsp3) is 0.286. The Bertz CT molecular complexity index is 1370. The van der Waals surface area contributed by atoms with Crippen molar-refractivity contribution in [1.82, 2.24) is 4.98 Å². The molecule has 5 rings (SSSR count). The van der Waals surface area contributed by atoms with Crippen LogP contribution in [0.3, 0.4) is 0 Å². The lowest BCUT2D eigenvalue weighted by atomic mass is 9.95. The molecule has 1 atom stereocenters. The average Bonchev–Trinajstić information content (AvgIpc) is 3.55. The third kappa shape index (κ3) is 3.50. The summed E-state index contributed by atoms with van der Waals surface area (Å²) in [5, 5.41) is 4.34. The van der Waals surface area contributed by atoms with Crippen molar-refractivity contribution in [2.24, 2.45) is 0 Å². The number of benzene rings is 2. The van der Waals surface area contributed by atoms with E-state index in [9.17, 15) is 4.79 Å². The molecule has 32 heavy (non-hydrogen) atoms. The molecule has 2 heterocycles. The largest absolute Gasteiger partial charge is 0.455 e. The number of anilines is 1. The van der Waals surface area contributed by atoms with Crippen molar-refractivity contribution < 1.29 is 4.42 Å². The molecule has 0 spiro atoms. The molecule has 1 N–H and O–H groups in total. The second-order valence-electron chi connectivity index (χ2n) is 9.33. The van der Waals surface area contributed by atoms with Crippen LogP contribution in [0.2, 0.25) is 0 Å².